The molecule has 1 amide bonds. The molecule has 1 atom stereocenters. The standard InChI is InChI=1S/C17H16N2O4/c1-21-13-6-4-5-12(9-13)10-18-19-17(20)16-11-22-14-7-2-3-8-15(14)23-16/h2-10,16H,11H2,1H3,(H,19,20). The zero-order valence-corrected chi connectivity index (χ0v) is 12.6. The average molecular weight is 312 g/mol. The van der Waals surface area contributed by atoms with E-state index in [4.69, 9.17) is 14.2 Å². The Labute approximate surface area is 133 Å². The van der Waals surface area contributed by atoms with Gasteiger partial charge in [0.05, 0.1) is 13.3 Å². The first kappa shape index (κ1) is 14.9. The first-order chi connectivity index (χ1) is 11.3. The van der Waals surface area contributed by atoms with E-state index in [0.717, 1.165) is 11.3 Å². The third kappa shape index (κ3) is 3.60. The van der Waals surface area contributed by atoms with Crippen molar-refractivity contribution in [3.63, 3.8) is 0 Å². The van der Waals surface area contributed by atoms with Gasteiger partial charge in [-0.2, -0.15) is 5.10 Å². The summed E-state index contributed by atoms with van der Waals surface area (Å²) in [6.45, 7) is 0.150. The largest absolute Gasteiger partial charge is 0.497 e. The number of nitrogens with one attached hydrogen (secondary N) is 1. The highest BCUT2D eigenvalue weighted by Gasteiger charge is 2.26. The van der Waals surface area contributed by atoms with E-state index in [9.17, 15) is 4.79 Å². The van der Waals surface area contributed by atoms with Crippen molar-refractivity contribution in [2.45, 2.75) is 6.10 Å². The van der Waals surface area contributed by atoms with Crippen LogP contribution in [0.25, 0.3) is 0 Å². The van der Waals surface area contributed by atoms with E-state index in [2.05, 4.69) is 10.5 Å². The molecule has 23 heavy (non-hydrogen) atoms. The molecule has 2 aromatic rings. The summed E-state index contributed by atoms with van der Waals surface area (Å²) in [6.07, 6.45) is 0.810. The van der Waals surface area contributed by atoms with Crippen molar-refractivity contribution in [3.05, 3.63) is 54.1 Å². The molecule has 0 radical (unpaired) electrons. The molecule has 2 aromatic carbocycles. The van der Waals surface area contributed by atoms with Crippen LogP contribution in [-0.4, -0.2) is 31.9 Å². The minimum Gasteiger partial charge on any atom is -0.497 e. The molecule has 0 aliphatic carbocycles. The van der Waals surface area contributed by atoms with Crippen molar-refractivity contribution in [2.75, 3.05) is 13.7 Å². The summed E-state index contributed by atoms with van der Waals surface area (Å²) in [4.78, 5) is 12.1. The highest BCUT2D eigenvalue weighted by molar-refractivity contribution is 5.85. The Bertz CT molecular complexity index is 730. The second-order valence-electron chi connectivity index (χ2n) is 4.88. The zero-order valence-electron chi connectivity index (χ0n) is 12.6. The van der Waals surface area contributed by atoms with Gasteiger partial charge in [0.2, 0.25) is 6.10 Å². The highest BCUT2D eigenvalue weighted by Crippen LogP contribution is 2.30. The van der Waals surface area contributed by atoms with Crippen molar-refractivity contribution < 1.29 is 19.0 Å². The molecule has 1 aliphatic rings. The average Bonchev–Trinajstić information content (AvgIpc) is 2.61. The van der Waals surface area contributed by atoms with E-state index < -0.39 is 6.10 Å². The van der Waals surface area contributed by atoms with Crippen molar-refractivity contribution in [2.24, 2.45) is 5.10 Å². The van der Waals surface area contributed by atoms with E-state index in [1.165, 1.54) is 6.21 Å². The van der Waals surface area contributed by atoms with Gasteiger partial charge in [-0.3, -0.25) is 4.79 Å². The van der Waals surface area contributed by atoms with Gasteiger partial charge in [0.15, 0.2) is 11.5 Å². The summed E-state index contributed by atoms with van der Waals surface area (Å²) in [5.74, 6) is 1.55. The van der Waals surface area contributed by atoms with E-state index in [1.807, 2.05) is 36.4 Å². The minimum absolute atomic E-state index is 0.150. The van der Waals surface area contributed by atoms with Crippen LogP contribution in [0, 0.1) is 0 Å². The normalized spacial score (nSPS) is 16.1. The predicted octanol–water partition coefficient (Wildman–Crippen LogP) is 1.99. The van der Waals surface area contributed by atoms with Gasteiger partial charge < -0.3 is 14.2 Å². The predicted molar refractivity (Wildman–Crippen MR) is 85.1 cm³/mol. The molecule has 0 fully saturated rings. The van der Waals surface area contributed by atoms with Crippen LogP contribution in [0.3, 0.4) is 0 Å². The monoisotopic (exact) mass is 312 g/mol. The first-order valence-electron chi connectivity index (χ1n) is 7.12. The lowest BCUT2D eigenvalue weighted by Gasteiger charge is -2.24. The SMILES string of the molecule is COc1cccc(C=NNC(=O)C2COc3ccccc3O2)c1. The Morgan fingerprint density at radius 2 is 2.09 bits per heavy atom. The molecule has 1 N–H and O–H groups in total. The number of rotatable bonds is 4. The Balaban J connectivity index is 1.58. The number of benzene rings is 2. The van der Waals surface area contributed by atoms with Crippen molar-refractivity contribution in [1.82, 2.24) is 5.43 Å². The molecule has 0 saturated carbocycles. The molecule has 6 nitrogen and oxygen atoms in total. The molecule has 6 heteroatoms. The lowest BCUT2D eigenvalue weighted by molar-refractivity contribution is -0.130. The smallest absolute Gasteiger partial charge is 0.284 e. The number of para-hydroxylation sites is 2. The summed E-state index contributed by atoms with van der Waals surface area (Å²) in [6, 6.07) is 14.6. The van der Waals surface area contributed by atoms with Crippen LogP contribution in [0.2, 0.25) is 0 Å². The summed E-state index contributed by atoms with van der Waals surface area (Å²) < 4.78 is 16.2. The number of methoxy groups -OCH3 is 1. The first-order valence-corrected chi connectivity index (χ1v) is 7.12. The van der Waals surface area contributed by atoms with Crippen molar-refractivity contribution in [1.29, 1.82) is 0 Å². The van der Waals surface area contributed by atoms with Gasteiger partial charge in [-0.25, -0.2) is 5.43 Å². The van der Waals surface area contributed by atoms with Crippen molar-refractivity contribution in [3.8, 4) is 17.2 Å². The van der Waals surface area contributed by atoms with Gasteiger partial charge in [-0.15, -0.1) is 0 Å². The second kappa shape index (κ2) is 6.83. The lowest BCUT2D eigenvalue weighted by Crippen LogP contribution is -2.42. The van der Waals surface area contributed by atoms with Gasteiger partial charge in [-0.05, 0) is 29.8 Å². The Morgan fingerprint density at radius 3 is 2.91 bits per heavy atom. The number of amides is 1. The molecule has 0 spiro atoms. The number of hydrogen-bond donors (Lipinski definition) is 1. The summed E-state index contributed by atoms with van der Waals surface area (Å²) >= 11 is 0. The summed E-state index contributed by atoms with van der Waals surface area (Å²) in [7, 11) is 1.59. The molecule has 0 bridgehead atoms. The third-order valence-electron chi connectivity index (χ3n) is 3.28. The third-order valence-corrected chi connectivity index (χ3v) is 3.28. The van der Waals surface area contributed by atoms with Gasteiger partial charge in [-0.1, -0.05) is 24.3 Å². The molecule has 118 valence electrons. The quantitative estimate of drug-likeness (QED) is 0.692. The van der Waals surface area contributed by atoms with Gasteiger partial charge >= 0.3 is 0 Å². The number of carbonyl (C=O) groups is 1. The molecular weight excluding hydrogens is 296 g/mol. The second-order valence-corrected chi connectivity index (χ2v) is 4.88. The van der Waals surface area contributed by atoms with E-state index in [0.29, 0.717) is 11.5 Å². The van der Waals surface area contributed by atoms with Crippen LogP contribution < -0.4 is 19.6 Å². The Morgan fingerprint density at radius 1 is 1.26 bits per heavy atom. The number of hydrogen-bond acceptors (Lipinski definition) is 5. The number of nitrogens with zero attached hydrogens (tertiary/aromatic N) is 1. The zero-order chi connectivity index (χ0) is 16.1. The fourth-order valence-corrected chi connectivity index (χ4v) is 2.11. The van der Waals surface area contributed by atoms with Crippen LogP contribution in [0.15, 0.2) is 53.6 Å². The van der Waals surface area contributed by atoms with Crippen LogP contribution in [-0.2, 0) is 4.79 Å². The molecule has 0 aromatic heterocycles. The maximum atomic E-state index is 12.1. The molecule has 1 heterocycles. The van der Waals surface area contributed by atoms with E-state index in [-0.39, 0.29) is 12.5 Å². The summed E-state index contributed by atoms with van der Waals surface area (Å²) in [5, 5.41) is 3.93. The maximum absolute atomic E-state index is 12.1. The number of ether oxygens (including phenoxy) is 3. The van der Waals surface area contributed by atoms with Crippen LogP contribution in [0.4, 0.5) is 0 Å². The number of carbonyl (C=O) groups excluding carboxylic acids is 1. The maximum Gasteiger partial charge on any atom is 0.284 e. The Kier molecular flexibility index (Phi) is 4.42. The number of hydrazone groups is 1. The molecule has 1 aliphatic heterocycles. The molecule has 0 saturated heterocycles. The van der Waals surface area contributed by atoms with Gasteiger partial charge in [0, 0.05) is 0 Å². The van der Waals surface area contributed by atoms with Gasteiger partial charge in [0.1, 0.15) is 12.4 Å². The van der Waals surface area contributed by atoms with E-state index >= 15 is 0 Å². The summed E-state index contributed by atoms with van der Waals surface area (Å²) in [5.41, 5.74) is 3.27. The van der Waals surface area contributed by atoms with Crippen molar-refractivity contribution >= 4 is 12.1 Å². The molecule has 1 unspecified atom stereocenters. The Hall–Kier alpha value is -3.02. The molecular formula is C17H16N2O4. The van der Waals surface area contributed by atoms with Gasteiger partial charge in [0.25, 0.3) is 5.91 Å². The number of fused-ring (bicyclic) bond motifs is 1. The van der Waals surface area contributed by atoms with Crippen LogP contribution in [0.1, 0.15) is 5.56 Å². The van der Waals surface area contributed by atoms with Crippen LogP contribution >= 0.6 is 0 Å². The van der Waals surface area contributed by atoms with Crippen LogP contribution in [0.5, 0.6) is 17.2 Å². The minimum atomic E-state index is -0.729. The lowest BCUT2D eigenvalue weighted by atomic mass is 10.2. The molecule has 3 rings (SSSR count). The fourth-order valence-electron chi connectivity index (χ4n) is 2.11. The fraction of sp³-hybridized carbons (Fsp3) is 0.176. The topological polar surface area (TPSA) is 69.2 Å². The highest BCUT2D eigenvalue weighted by atomic mass is 16.6. The van der Waals surface area contributed by atoms with E-state index in [1.54, 1.807) is 19.2 Å².